The van der Waals surface area contributed by atoms with Crippen LogP contribution in [0, 0.1) is 0 Å². The summed E-state index contributed by atoms with van der Waals surface area (Å²) in [4.78, 5) is 2.43. The number of ether oxygens (including phenoxy) is 2. The van der Waals surface area contributed by atoms with Crippen molar-refractivity contribution in [1.29, 1.82) is 0 Å². The Morgan fingerprint density at radius 3 is 2.77 bits per heavy atom. The molecular weight excluding hydrogens is 276 g/mol. The Bertz CT molecular complexity index is 643. The Balaban J connectivity index is 1.62. The second kappa shape index (κ2) is 6.60. The van der Waals surface area contributed by atoms with Crippen molar-refractivity contribution in [3.8, 4) is 11.5 Å². The number of methoxy groups -OCH3 is 2. The van der Waals surface area contributed by atoms with Gasteiger partial charge < -0.3 is 19.7 Å². The van der Waals surface area contributed by atoms with E-state index in [4.69, 9.17) is 9.47 Å². The van der Waals surface area contributed by atoms with Gasteiger partial charge in [-0.1, -0.05) is 18.2 Å². The number of benzene rings is 2. The highest BCUT2D eigenvalue weighted by atomic mass is 16.5. The van der Waals surface area contributed by atoms with Gasteiger partial charge in [-0.15, -0.1) is 0 Å². The minimum Gasteiger partial charge on any atom is -0.497 e. The van der Waals surface area contributed by atoms with E-state index >= 15 is 0 Å². The van der Waals surface area contributed by atoms with E-state index < -0.39 is 0 Å². The summed E-state index contributed by atoms with van der Waals surface area (Å²) in [5.41, 5.74) is 3.78. The highest BCUT2D eigenvalue weighted by Gasteiger charge is 2.17. The third kappa shape index (κ3) is 2.96. The number of rotatable bonds is 6. The van der Waals surface area contributed by atoms with Crippen molar-refractivity contribution < 1.29 is 9.47 Å². The van der Waals surface area contributed by atoms with Gasteiger partial charge in [0.25, 0.3) is 0 Å². The van der Waals surface area contributed by atoms with E-state index in [1.54, 1.807) is 14.2 Å². The number of hydrogen-bond donors (Lipinski definition) is 1. The van der Waals surface area contributed by atoms with Gasteiger partial charge in [0, 0.05) is 31.4 Å². The van der Waals surface area contributed by atoms with E-state index in [2.05, 4.69) is 34.5 Å². The smallest absolute Gasteiger partial charge is 0.142 e. The van der Waals surface area contributed by atoms with Gasteiger partial charge in [-0.2, -0.15) is 0 Å². The lowest BCUT2D eigenvalue weighted by atomic mass is 10.2. The van der Waals surface area contributed by atoms with Gasteiger partial charge in [0.05, 0.1) is 19.9 Å². The standard InChI is InChI=1S/C18H22N2O2/c1-21-15-7-8-18(22-2)16(13-15)19-10-12-20-11-9-14-5-3-4-6-17(14)20/h3-8,13,19H,9-12H2,1-2H3. The fourth-order valence-electron chi connectivity index (χ4n) is 2.92. The van der Waals surface area contributed by atoms with Crippen LogP contribution in [-0.4, -0.2) is 33.9 Å². The summed E-state index contributed by atoms with van der Waals surface area (Å²) >= 11 is 0. The normalized spacial score (nSPS) is 12.9. The second-order valence-corrected chi connectivity index (χ2v) is 5.36. The maximum Gasteiger partial charge on any atom is 0.142 e. The van der Waals surface area contributed by atoms with Crippen LogP contribution in [0.4, 0.5) is 11.4 Å². The Kier molecular flexibility index (Phi) is 4.37. The predicted molar refractivity (Wildman–Crippen MR) is 90.4 cm³/mol. The van der Waals surface area contributed by atoms with Gasteiger partial charge in [-0.05, 0) is 30.2 Å². The van der Waals surface area contributed by atoms with E-state index in [-0.39, 0.29) is 0 Å². The van der Waals surface area contributed by atoms with Crippen LogP contribution in [0.5, 0.6) is 11.5 Å². The van der Waals surface area contributed by atoms with Crippen LogP contribution in [0.3, 0.4) is 0 Å². The molecule has 0 bridgehead atoms. The summed E-state index contributed by atoms with van der Waals surface area (Å²) < 4.78 is 10.7. The molecule has 0 saturated heterocycles. The Morgan fingerprint density at radius 2 is 1.95 bits per heavy atom. The summed E-state index contributed by atoms with van der Waals surface area (Å²) in [7, 11) is 3.36. The number of hydrogen-bond acceptors (Lipinski definition) is 4. The van der Waals surface area contributed by atoms with E-state index in [9.17, 15) is 0 Å². The molecule has 1 aliphatic heterocycles. The molecule has 0 atom stereocenters. The van der Waals surface area contributed by atoms with Crippen LogP contribution in [0.15, 0.2) is 42.5 Å². The largest absolute Gasteiger partial charge is 0.497 e. The average molecular weight is 298 g/mol. The highest BCUT2D eigenvalue weighted by molar-refractivity contribution is 5.61. The van der Waals surface area contributed by atoms with Crippen molar-refractivity contribution in [2.45, 2.75) is 6.42 Å². The summed E-state index contributed by atoms with van der Waals surface area (Å²) in [5, 5.41) is 3.45. The van der Waals surface area contributed by atoms with Gasteiger partial charge in [0.15, 0.2) is 0 Å². The minimum atomic E-state index is 0.829. The molecule has 1 N–H and O–H groups in total. The Morgan fingerprint density at radius 1 is 1.09 bits per heavy atom. The van der Waals surface area contributed by atoms with Gasteiger partial charge in [0.2, 0.25) is 0 Å². The van der Waals surface area contributed by atoms with Crippen LogP contribution in [-0.2, 0) is 6.42 Å². The lowest BCUT2D eigenvalue weighted by Crippen LogP contribution is -2.27. The van der Waals surface area contributed by atoms with E-state index in [1.165, 1.54) is 11.3 Å². The van der Waals surface area contributed by atoms with Crippen molar-refractivity contribution in [3.05, 3.63) is 48.0 Å². The maximum absolute atomic E-state index is 5.39. The molecular formula is C18H22N2O2. The van der Waals surface area contributed by atoms with Crippen LogP contribution in [0.2, 0.25) is 0 Å². The van der Waals surface area contributed by atoms with Crippen molar-refractivity contribution in [2.24, 2.45) is 0 Å². The predicted octanol–water partition coefficient (Wildman–Crippen LogP) is 3.18. The van der Waals surface area contributed by atoms with Crippen LogP contribution < -0.4 is 19.7 Å². The molecule has 1 aliphatic rings. The van der Waals surface area contributed by atoms with E-state index in [1.807, 2.05) is 18.2 Å². The van der Waals surface area contributed by atoms with Gasteiger partial charge in [-0.3, -0.25) is 0 Å². The molecule has 116 valence electrons. The molecule has 0 radical (unpaired) electrons. The molecule has 0 spiro atoms. The summed E-state index contributed by atoms with van der Waals surface area (Å²) in [6, 6.07) is 14.4. The molecule has 3 rings (SSSR count). The zero-order chi connectivity index (χ0) is 15.4. The summed E-state index contributed by atoms with van der Waals surface area (Å²) in [5.74, 6) is 1.66. The van der Waals surface area contributed by atoms with Crippen molar-refractivity contribution >= 4 is 11.4 Å². The molecule has 1 heterocycles. The fourth-order valence-corrected chi connectivity index (χ4v) is 2.92. The lowest BCUT2D eigenvalue weighted by Gasteiger charge is -2.20. The lowest BCUT2D eigenvalue weighted by molar-refractivity contribution is 0.404. The molecule has 2 aromatic rings. The second-order valence-electron chi connectivity index (χ2n) is 5.36. The zero-order valence-electron chi connectivity index (χ0n) is 13.1. The number of nitrogens with zero attached hydrogens (tertiary/aromatic N) is 1. The monoisotopic (exact) mass is 298 g/mol. The number of fused-ring (bicyclic) bond motifs is 1. The average Bonchev–Trinajstić information content (AvgIpc) is 2.98. The third-order valence-corrected chi connectivity index (χ3v) is 4.09. The molecule has 0 unspecified atom stereocenters. The summed E-state index contributed by atoms with van der Waals surface area (Å²) in [6.45, 7) is 2.92. The topological polar surface area (TPSA) is 33.7 Å². The first-order valence-corrected chi connectivity index (χ1v) is 7.60. The molecule has 0 fully saturated rings. The minimum absolute atomic E-state index is 0.829. The van der Waals surface area contributed by atoms with E-state index in [0.717, 1.165) is 43.2 Å². The molecule has 0 aromatic heterocycles. The van der Waals surface area contributed by atoms with Crippen molar-refractivity contribution in [3.63, 3.8) is 0 Å². The zero-order valence-corrected chi connectivity index (χ0v) is 13.1. The molecule has 4 heteroatoms. The molecule has 4 nitrogen and oxygen atoms in total. The first-order chi connectivity index (χ1) is 10.8. The SMILES string of the molecule is COc1ccc(OC)c(NCCN2CCc3ccccc32)c1. The Hall–Kier alpha value is -2.36. The first kappa shape index (κ1) is 14.6. The number of nitrogens with one attached hydrogen (secondary N) is 1. The molecule has 2 aromatic carbocycles. The van der Waals surface area contributed by atoms with E-state index in [0.29, 0.717) is 0 Å². The molecule has 22 heavy (non-hydrogen) atoms. The number of para-hydroxylation sites is 1. The first-order valence-electron chi connectivity index (χ1n) is 7.60. The molecule has 0 amide bonds. The Labute approximate surface area is 131 Å². The van der Waals surface area contributed by atoms with Gasteiger partial charge >= 0.3 is 0 Å². The molecule has 0 aliphatic carbocycles. The quantitative estimate of drug-likeness (QED) is 0.888. The van der Waals surface area contributed by atoms with Gasteiger partial charge in [0.1, 0.15) is 11.5 Å². The van der Waals surface area contributed by atoms with Crippen LogP contribution >= 0.6 is 0 Å². The van der Waals surface area contributed by atoms with Crippen LogP contribution in [0.25, 0.3) is 0 Å². The summed E-state index contributed by atoms with van der Waals surface area (Å²) in [6.07, 6.45) is 1.14. The van der Waals surface area contributed by atoms with Gasteiger partial charge in [-0.25, -0.2) is 0 Å². The fraction of sp³-hybridized carbons (Fsp3) is 0.333. The number of anilines is 2. The third-order valence-electron chi connectivity index (χ3n) is 4.09. The maximum atomic E-state index is 5.39. The molecule has 0 saturated carbocycles. The van der Waals surface area contributed by atoms with Crippen molar-refractivity contribution in [2.75, 3.05) is 44.1 Å². The van der Waals surface area contributed by atoms with Crippen LogP contribution in [0.1, 0.15) is 5.56 Å². The highest BCUT2D eigenvalue weighted by Crippen LogP contribution is 2.29. The van der Waals surface area contributed by atoms with Crippen molar-refractivity contribution in [1.82, 2.24) is 0 Å².